The van der Waals surface area contributed by atoms with Crippen LogP contribution in [0.4, 0.5) is 0 Å². The molecule has 1 fully saturated rings. The van der Waals surface area contributed by atoms with Crippen LogP contribution in [0.5, 0.6) is 0 Å². The van der Waals surface area contributed by atoms with Gasteiger partial charge in [0.2, 0.25) is 0 Å². The summed E-state index contributed by atoms with van der Waals surface area (Å²) >= 11 is 0. The number of hydrogen-bond donors (Lipinski definition) is 0. The Bertz CT molecular complexity index is 224. The smallest absolute Gasteiger partial charge is 0.155 e. The predicted octanol–water partition coefficient (Wildman–Crippen LogP) is 2.09. The number of rotatable bonds is 1. The van der Waals surface area contributed by atoms with Crippen molar-refractivity contribution in [3.63, 3.8) is 0 Å². The van der Waals surface area contributed by atoms with Gasteiger partial charge in [0.1, 0.15) is 0 Å². The Kier molecular flexibility index (Phi) is 2.79. The van der Waals surface area contributed by atoms with Crippen LogP contribution in [-0.2, 0) is 9.53 Å². The minimum Gasteiger partial charge on any atom is -0.381 e. The average Bonchev–Trinajstić information content (AvgIpc) is 2.19. The zero-order valence-corrected chi connectivity index (χ0v) is 7.92. The van der Waals surface area contributed by atoms with Crippen LogP contribution in [0.25, 0.3) is 0 Å². The Labute approximate surface area is 79.0 Å². The number of carbonyl (C=O) groups excluding carboxylic acids is 1. The van der Waals surface area contributed by atoms with Gasteiger partial charge in [-0.2, -0.15) is 0 Å². The van der Waals surface area contributed by atoms with E-state index in [1.165, 1.54) is 12.0 Å². The fourth-order valence-corrected chi connectivity index (χ4v) is 2.17. The van der Waals surface area contributed by atoms with Crippen molar-refractivity contribution in [1.82, 2.24) is 0 Å². The van der Waals surface area contributed by atoms with Crippen LogP contribution < -0.4 is 0 Å². The Morgan fingerprint density at radius 3 is 2.92 bits per heavy atom. The van der Waals surface area contributed by atoms with Crippen LogP contribution in [-0.4, -0.2) is 19.0 Å². The van der Waals surface area contributed by atoms with E-state index in [-0.39, 0.29) is 0 Å². The first-order valence-corrected chi connectivity index (χ1v) is 5.17. The first-order chi connectivity index (χ1) is 6.36. The molecule has 1 aliphatic heterocycles. The van der Waals surface area contributed by atoms with Crippen molar-refractivity contribution in [3.8, 4) is 0 Å². The van der Waals surface area contributed by atoms with E-state index in [0.29, 0.717) is 11.7 Å². The van der Waals surface area contributed by atoms with Crippen LogP contribution >= 0.6 is 0 Å². The molecule has 2 heteroatoms. The molecule has 13 heavy (non-hydrogen) atoms. The van der Waals surface area contributed by atoms with Gasteiger partial charge in [0, 0.05) is 18.9 Å². The number of ketones is 1. The molecule has 1 aliphatic carbocycles. The van der Waals surface area contributed by atoms with Crippen molar-refractivity contribution in [2.24, 2.45) is 5.92 Å². The highest BCUT2D eigenvalue weighted by Gasteiger charge is 2.21. The molecule has 0 amide bonds. The summed E-state index contributed by atoms with van der Waals surface area (Å²) < 4.78 is 5.42. The average molecular weight is 180 g/mol. The molecule has 0 N–H and O–H groups in total. The lowest BCUT2D eigenvalue weighted by molar-refractivity contribution is -0.115. The number of ether oxygens (including phenoxy) is 1. The van der Waals surface area contributed by atoms with Crippen molar-refractivity contribution in [2.75, 3.05) is 13.2 Å². The SMILES string of the molecule is O=C1C=C(C2CCCOC2)CCC1. The molecule has 1 unspecified atom stereocenters. The highest BCUT2D eigenvalue weighted by atomic mass is 16.5. The highest BCUT2D eigenvalue weighted by molar-refractivity contribution is 5.91. The molecular formula is C11H16O2. The highest BCUT2D eigenvalue weighted by Crippen LogP contribution is 2.28. The summed E-state index contributed by atoms with van der Waals surface area (Å²) in [6, 6.07) is 0. The van der Waals surface area contributed by atoms with Gasteiger partial charge >= 0.3 is 0 Å². The van der Waals surface area contributed by atoms with Gasteiger partial charge in [-0.25, -0.2) is 0 Å². The molecule has 1 atom stereocenters. The largest absolute Gasteiger partial charge is 0.381 e. The molecule has 0 aromatic heterocycles. The third-order valence-electron chi connectivity index (χ3n) is 2.92. The summed E-state index contributed by atoms with van der Waals surface area (Å²) in [5.41, 5.74) is 1.34. The topological polar surface area (TPSA) is 26.3 Å². The molecule has 2 rings (SSSR count). The third kappa shape index (κ3) is 2.19. The van der Waals surface area contributed by atoms with Crippen molar-refractivity contribution in [2.45, 2.75) is 32.1 Å². The van der Waals surface area contributed by atoms with Crippen LogP contribution in [0.3, 0.4) is 0 Å². The molecule has 0 bridgehead atoms. The maximum atomic E-state index is 11.2. The lowest BCUT2D eigenvalue weighted by Gasteiger charge is -2.26. The quantitative estimate of drug-likeness (QED) is 0.617. The van der Waals surface area contributed by atoms with Crippen molar-refractivity contribution in [3.05, 3.63) is 11.6 Å². The fraction of sp³-hybridized carbons (Fsp3) is 0.727. The van der Waals surface area contributed by atoms with E-state index >= 15 is 0 Å². The van der Waals surface area contributed by atoms with E-state index in [1.807, 2.05) is 6.08 Å². The van der Waals surface area contributed by atoms with Gasteiger partial charge in [-0.05, 0) is 31.8 Å². The third-order valence-corrected chi connectivity index (χ3v) is 2.92. The Hall–Kier alpha value is -0.630. The lowest BCUT2D eigenvalue weighted by atomic mass is 9.86. The normalized spacial score (nSPS) is 30.0. The van der Waals surface area contributed by atoms with E-state index in [1.54, 1.807) is 0 Å². The molecule has 0 radical (unpaired) electrons. The van der Waals surface area contributed by atoms with Crippen molar-refractivity contribution >= 4 is 5.78 Å². The summed E-state index contributed by atoms with van der Waals surface area (Å²) in [5.74, 6) is 0.852. The molecule has 1 saturated heterocycles. The Morgan fingerprint density at radius 2 is 2.23 bits per heavy atom. The maximum absolute atomic E-state index is 11.2. The van der Waals surface area contributed by atoms with E-state index in [4.69, 9.17) is 4.74 Å². The summed E-state index contributed by atoms with van der Waals surface area (Å²) in [5, 5.41) is 0. The van der Waals surface area contributed by atoms with Gasteiger partial charge in [-0.1, -0.05) is 5.57 Å². The molecule has 2 aliphatic rings. The monoisotopic (exact) mass is 180 g/mol. The van der Waals surface area contributed by atoms with E-state index < -0.39 is 0 Å². The molecular weight excluding hydrogens is 164 g/mol. The Morgan fingerprint density at radius 1 is 1.31 bits per heavy atom. The first-order valence-electron chi connectivity index (χ1n) is 5.17. The van der Waals surface area contributed by atoms with Gasteiger partial charge in [-0.15, -0.1) is 0 Å². The summed E-state index contributed by atoms with van der Waals surface area (Å²) in [6.45, 7) is 1.73. The molecule has 72 valence electrons. The number of carbonyl (C=O) groups is 1. The second-order valence-electron chi connectivity index (χ2n) is 3.95. The molecule has 0 aromatic carbocycles. The second kappa shape index (κ2) is 4.05. The zero-order valence-electron chi connectivity index (χ0n) is 7.92. The van der Waals surface area contributed by atoms with Gasteiger partial charge in [0.25, 0.3) is 0 Å². The van der Waals surface area contributed by atoms with Gasteiger partial charge in [0.05, 0.1) is 6.61 Å². The maximum Gasteiger partial charge on any atom is 0.155 e. The van der Waals surface area contributed by atoms with Gasteiger partial charge < -0.3 is 4.74 Å². The molecule has 1 heterocycles. The summed E-state index contributed by atoms with van der Waals surface area (Å²) in [4.78, 5) is 11.2. The van der Waals surface area contributed by atoms with E-state index in [0.717, 1.165) is 38.9 Å². The molecule has 2 nitrogen and oxygen atoms in total. The van der Waals surface area contributed by atoms with Crippen LogP contribution in [0, 0.1) is 5.92 Å². The van der Waals surface area contributed by atoms with Crippen LogP contribution in [0.1, 0.15) is 32.1 Å². The van der Waals surface area contributed by atoms with Crippen molar-refractivity contribution in [1.29, 1.82) is 0 Å². The lowest BCUT2D eigenvalue weighted by Crippen LogP contribution is -2.21. The molecule has 0 saturated carbocycles. The predicted molar refractivity (Wildman–Crippen MR) is 50.5 cm³/mol. The summed E-state index contributed by atoms with van der Waals surface area (Å²) in [6.07, 6.45) is 7.12. The molecule has 0 spiro atoms. The molecule has 0 aromatic rings. The minimum absolute atomic E-state index is 0.312. The first kappa shape index (κ1) is 8.95. The van der Waals surface area contributed by atoms with Crippen LogP contribution in [0.2, 0.25) is 0 Å². The van der Waals surface area contributed by atoms with E-state index in [9.17, 15) is 4.79 Å². The summed E-state index contributed by atoms with van der Waals surface area (Å²) in [7, 11) is 0. The Balaban J connectivity index is 2.01. The van der Waals surface area contributed by atoms with Crippen LogP contribution in [0.15, 0.2) is 11.6 Å². The number of hydrogen-bond acceptors (Lipinski definition) is 2. The standard InChI is InChI=1S/C11H16O2/c12-11-5-1-3-9(7-11)10-4-2-6-13-8-10/h7,10H,1-6,8H2. The fourth-order valence-electron chi connectivity index (χ4n) is 2.17. The van der Waals surface area contributed by atoms with Gasteiger partial charge in [0.15, 0.2) is 5.78 Å². The minimum atomic E-state index is 0.312. The van der Waals surface area contributed by atoms with Gasteiger partial charge in [-0.3, -0.25) is 4.79 Å². The van der Waals surface area contributed by atoms with E-state index in [2.05, 4.69) is 0 Å². The number of allylic oxidation sites excluding steroid dienone is 1. The second-order valence-corrected chi connectivity index (χ2v) is 3.95. The zero-order chi connectivity index (χ0) is 9.10. The van der Waals surface area contributed by atoms with Crippen molar-refractivity contribution < 1.29 is 9.53 Å².